The fraction of sp³-hybridized carbons (Fsp3) is 0.167. The van der Waals surface area contributed by atoms with E-state index in [0.29, 0.717) is 10.6 Å². The van der Waals surface area contributed by atoms with Gasteiger partial charge in [-0.1, -0.05) is 30.3 Å². The lowest BCUT2D eigenvalue weighted by Gasteiger charge is -2.11. The number of methoxy groups -OCH3 is 1. The molecule has 84 valence electrons. The number of hydrogen-bond acceptors (Lipinski definition) is 3. The summed E-state index contributed by atoms with van der Waals surface area (Å²) >= 11 is 0. The highest BCUT2D eigenvalue weighted by atomic mass is 32.2. The second-order valence-electron chi connectivity index (χ2n) is 3.66. The van der Waals surface area contributed by atoms with E-state index in [1.54, 1.807) is 6.07 Å². The summed E-state index contributed by atoms with van der Waals surface area (Å²) in [5.41, 5.74) is 0. The lowest BCUT2D eigenvalue weighted by Crippen LogP contribution is -2.00. The predicted octanol–water partition coefficient (Wildman–Crippen LogP) is 2.88. The Morgan fingerprint density at radius 1 is 1.19 bits per heavy atom. The Labute approximate surface area is 95.0 Å². The van der Waals surface area contributed by atoms with Crippen molar-refractivity contribution in [2.75, 3.05) is 13.4 Å². The SMILES string of the molecule is COc1ccc2ccccc2c1S(C)(=N)=O. The van der Waals surface area contributed by atoms with Crippen LogP contribution in [0.5, 0.6) is 5.75 Å². The van der Waals surface area contributed by atoms with Crippen LogP contribution >= 0.6 is 0 Å². The number of hydrogen-bond donors (Lipinski definition) is 1. The van der Waals surface area contributed by atoms with Crippen LogP contribution in [0, 0.1) is 4.78 Å². The number of nitrogens with one attached hydrogen (secondary N) is 1. The minimum Gasteiger partial charge on any atom is -0.495 e. The Bertz CT molecular complexity index is 633. The molecular weight excluding hydrogens is 222 g/mol. The minimum absolute atomic E-state index is 0.480. The largest absolute Gasteiger partial charge is 0.495 e. The lowest BCUT2D eigenvalue weighted by molar-refractivity contribution is 0.405. The molecule has 0 amide bonds. The first-order valence-electron chi connectivity index (χ1n) is 4.83. The molecule has 0 aromatic heterocycles. The highest BCUT2D eigenvalue weighted by molar-refractivity contribution is 7.92. The maximum absolute atomic E-state index is 12.0. The molecule has 0 aliphatic carbocycles. The van der Waals surface area contributed by atoms with E-state index in [0.717, 1.165) is 10.8 Å². The van der Waals surface area contributed by atoms with Crippen molar-refractivity contribution >= 4 is 20.5 Å². The Hall–Kier alpha value is -1.55. The Balaban J connectivity index is 2.95. The topological polar surface area (TPSA) is 50.1 Å². The molecule has 1 N–H and O–H groups in total. The maximum Gasteiger partial charge on any atom is 0.136 e. The molecule has 4 heteroatoms. The Morgan fingerprint density at radius 3 is 2.50 bits per heavy atom. The maximum atomic E-state index is 12.0. The molecule has 0 aliphatic heterocycles. The van der Waals surface area contributed by atoms with Gasteiger partial charge in [0.25, 0.3) is 0 Å². The Kier molecular flexibility index (Phi) is 2.59. The first-order chi connectivity index (χ1) is 7.54. The highest BCUT2D eigenvalue weighted by Gasteiger charge is 2.14. The smallest absolute Gasteiger partial charge is 0.136 e. The summed E-state index contributed by atoms with van der Waals surface area (Å²) in [5.74, 6) is 0.515. The minimum atomic E-state index is -2.80. The molecule has 3 nitrogen and oxygen atoms in total. The third-order valence-electron chi connectivity index (χ3n) is 2.45. The molecule has 1 unspecified atom stereocenters. The van der Waals surface area contributed by atoms with Crippen LogP contribution in [-0.2, 0) is 9.73 Å². The van der Waals surface area contributed by atoms with Crippen molar-refractivity contribution in [1.29, 1.82) is 4.78 Å². The van der Waals surface area contributed by atoms with Crippen LogP contribution < -0.4 is 4.74 Å². The van der Waals surface area contributed by atoms with Gasteiger partial charge in [0.1, 0.15) is 5.75 Å². The predicted molar refractivity (Wildman–Crippen MR) is 65.6 cm³/mol. The zero-order valence-corrected chi connectivity index (χ0v) is 10.0. The zero-order chi connectivity index (χ0) is 11.8. The van der Waals surface area contributed by atoms with Crippen molar-refractivity contribution in [3.63, 3.8) is 0 Å². The molecule has 0 saturated heterocycles. The average Bonchev–Trinajstić information content (AvgIpc) is 2.26. The Morgan fingerprint density at radius 2 is 1.88 bits per heavy atom. The highest BCUT2D eigenvalue weighted by Crippen LogP contribution is 2.32. The van der Waals surface area contributed by atoms with E-state index in [-0.39, 0.29) is 0 Å². The van der Waals surface area contributed by atoms with Gasteiger partial charge in [-0.2, -0.15) is 0 Å². The van der Waals surface area contributed by atoms with Crippen molar-refractivity contribution < 1.29 is 8.95 Å². The number of benzene rings is 2. The summed E-state index contributed by atoms with van der Waals surface area (Å²) in [7, 11) is -1.27. The van der Waals surface area contributed by atoms with Crippen molar-refractivity contribution in [3.8, 4) is 5.75 Å². The molecule has 0 radical (unpaired) electrons. The summed E-state index contributed by atoms with van der Waals surface area (Å²) in [6.07, 6.45) is 1.41. The molecule has 0 heterocycles. The molecule has 0 saturated carbocycles. The molecule has 1 atom stereocenters. The number of fused-ring (bicyclic) bond motifs is 1. The van der Waals surface area contributed by atoms with Gasteiger partial charge < -0.3 is 4.74 Å². The monoisotopic (exact) mass is 235 g/mol. The van der Waals surface area contributed by atoms with Crippen LogP contribution in [0.3, 0.4) is 0 Å². The van der Waals surface area contributed by atoms with Gasteiger partial charge in [-0.25, -0.2) is 8.99 Å². The van der Waals surface area contributed by atoms with Crippen LogP contribution in [-0.4, -0.2) is 17.6 Å². The summed E-state index contributed by atoms with van der Waals surface area (Å²) in [5, 5.41) is 1.80. The van der Waals surface area contributed by atoms with Gasteiger partial charge in [0.05, 0.1) is 21.7 Å². The molecule has 0 spiro atoms. The summed E-state index contributed by atoms with van der Waals surface area (Å²) in [4.78, 5) is 0.480. The molecule has 16 heavy (non-hydrogen) atoms. The quantitative estimate of drug-likeness (QED) is 0.870. The van der Waals surface area contributed by atoms with E-state index in [9.17, 15) is 4.21 Å². The molecule has 2 rings (SSSR count). The first kappa shape index (κ1) is 11.0. The summed E-state index contributed by atoms with van der Waals surface area (Å²) < 4.78 is 24.9. The van der Waals surface area contributed by atoms with Crippen molar-refractivity contribution in [3.05, 3.63) is 36.4 Å². The third kappa shape index (κ3) is 1.76. The van der Waals surface area contributed by atoms with Gasteiger partial charge in [-0.3, -0.25) is 0 Å². The van der Waals surface area contributed by atoms with Gasteiger partial charge in [0.15, 0.2) is 0 Å². The lowest BCUT2D eigenvalue weighted by atomic mass is 10.1. The summed E-state index contributed by atoms with van der Waals surface area (Å²) in [6.45, 7) is 0. The van der Waals surface area contributed by atoms with E-state index < -0.39 is 9.73 Å². The average molecular weight is 235 g/mol. The van der Waals surface area contributed by atoms with E-state index in [2.05, 4.69) is 0 Å². The molecule has 0 aliphatic rings. The second kappa shape index (κ2) is 3.79. The number of ether oxygens (including phenoxy) is 1. The van der Waals surface area contributed by atoms with Gasteiger partial charge in [-0.15, -0.1) is 0 Å². The standard InChI is InChI=1S/C12H13NO2S/c1-15-11-8-7-9-5-3-4-6-10(9)12(11)16(2,13)14/h3-8,13H,1-2H3. The fourth-order valence-corrected chi connectivity index (χ4v) is 2.93. The van der Waals surface area contributed by atoms with Crippen molar-refractivity contribution in [1.82, 2.24) is 0 Å². The zero-order valence-electron chi connectivity index (χ0n) is 9.19. The van der Waals surface area contributed by atoms with Crippen LogP contribution in [0.1, 0.15) is 0 Å². The normalized spacial score (nSPS) is 14.6. The number of rotatable bonds is 2. The van der Waals surface area contributed by atoms with Crippen LogP contribution in [0.2, 0.25) is 0 Å². The van der Waals surface area contributed by atoms with E-state index in [1.165, 1.54) is 13.4 Å². The van der Waals surface area contributed by atoms with Gasteiger partial charge in [0, 0.05) is 11.6 Å². The molecule has 2 aromatic carbocycles. The van der Waals surface area contributed by atoms with Crippen LogP contribution in [0.25, 0.3) is 10.8 Å². The van der Waals surface area contributed by atoms with Gasteiger partial charge in [-0.05, 0) is 11.5 Å². The third-order valence-corrected chi connectivity index (χ3v) is 3.65. The van der Waals surface area contributed by atoms with E-state index in [4.69, 9.17) is 9.52 Å². The van der Waals surface area contributed by atoms with Crippen molar-refractivity contribution in [2.45, 2.75) is 4.90 Å². The first-order valence-corrected chi connectivity index (χ1v) is 6.80. The van der Waals surface area contributed by atoms with Gasteiger partial charge >= 0.3 is 0 Å². The second-order valence-corrected chi connectivity index (χ2v) is 5.76. The van der Waals surface area contributed by atoms with Crippen molar-refractivity contribution in [2.24, 2.45) is 0 Å². The van der Waals surface area contributed by atoms with Crippen LogP contribution in [0.15, 0.2) is 41.3 Å². The van der Waals surface area contributed by atoms with E-state index in [1.807, 2.05) is 30.3 Å². The van der Waals surface area contributed by atoms with E-state index >= 15 is 0 Å². The fourth-order valence-electron chi connectivity index (χ4n) is 1.79. The molecule has 0 fully saturated rings. The van der Waals surface area contributed by atoms with Crippen LogP contribution in [0.4, 0.5) is 0 Å². The van der Waals surface area contributed by atoms with Gasteiger partial charge in [0.2, 0.25) is 0 Å². The summed E-state index contributed by atoms with van der Waals surface area (Å²) in [6, 6.07) is 11.3. The molecule has 0 bridgehead atoms. The molecule has 2 aromatic rings. The molecular formula is C12H13NO2S.